The van der Waals surface area contributed by atoms with Gasteiger partial charge >= 0.3 is 12.2 Å². The highest BCUT2D eigenvalue weighted by Gasteiger charge is 2.30. The van der Waals surface area contributed by atoms with Crippen LogP contribution >= 0.6 is 11.6 Å². The second-order valence-electron chi connectivity index (χ2n) is 14.8. The van der Waals surface area contributed by atoms with Crippen LogP contribution in [0.2, 0.25) is 5.15 Å². The Balaban J connectivity index is 0.000000202. The molecule has 2 aliphatic heterocycles. The third-order valence-electron chi connectivity index (χ3n) is 8.08. The van der Waals surface area contributed by atoms with Crippen LogP contribution in [0.25, 0.3) is 11.4 Å². The topological polar surface area (TPSA) is 146 Å². The van der Waals surface area contributed by atoms with Gasteiger partial charge in [-0.2, -0.15) is 8.78 Å². The summed E-state index contributed by atoms with van der Waals surface area (Å²) >= 11 is 5.29. The number of hydrogen-bond acceptors (Lipinski definition) is 10. The van der Waals surface area contributed by atoms with Crippen LogP contribution in [0.5, 0.6) is 0 Å². The van der Waals surface area contributed by atoms with Gasteiger partial charge in [-0.1, -0.05) is 34.2 Å². The Labute approximate surface area is 313 Å². The minimum atomic E-state index is -0.544. The lowest BCUT2D eigenvalue weighted by molar-refractivity contribution is 0.0174. The summed E-state index contributed by atoms with van der Waals surface area (Å²) in [5, 5.41) is 16.7. The van der Waals surface area contributed by atoms with Crippen LogP contribution in [0.4, 0.5) is 18.4 Å². The highest BCUT2D eigenvalue weighted by molar-refractivity contribution is 6.29. The highest BCUT2D eigenvalue weighted by atomic mass is 35.5. The molecule has 0 spiro atoms. The van der Waals surface area contributed by atoms with Gasteiger partial charge in [0.1, 0.15) is 22.0 Å². The predicted octanol–water partition coefficient (Wildman–Crippen LogP) is 7.39. The minimum absolute atomic E-state index is 0.0787. The van der Waals surface area contributed by atoms with Gasteiger partial charge in [0.2, 0.25) is 11.9 Å². The summed E-state index contributed by atoms with van der Waals surface area (Å²) in [7, 11) is 0. The first kappa shape index (κ1) is 41.0. The Hall–Kier alpha value is -4.73. The Bertz CT molecular complexity index is 1790. The van der Waals surface area contributed by atoms with Gasteiger partial charge in [-0.25, -0.2) is 28.9 Å². The second-order valence-corrected chi connectivity index (χ2v) is 15.2. The summed E-state index contributed by atoms with van der Waals surface area (Å²) in [6.45, 7) is 17.6. The molecule has 2 amide bonds. The number of carbonyl (C=O) groups is 2. The van der Waals surface area contributed by atoms with Gasteiger partial charge in [0.15, 0.2) is 0 Å². The number of carbonyl (C=O) groups excluding carboxylic acids is 2. The lowest BCUT2D eigenvalue weighted by atomic mass is 10.0. The molecule has 53 heavy (non-hydrogen) atoms. The summed E-state index contributed by atoms with van der Waals surface area (Å²) in [5.41, 5.74) is 1.93. The highest BCUT2D eigenvalue weighted by Crippen LogP contribution is 2.30. The molecule has 0 aromatic carbocycles. The molecule has 0 aliphatic carbocycles. The summed E-state index contributed by atoms with van der Waals surface area (Å²) in [6.07, 6.45) is 4.67. The molecule has 6 rings (SSSR count). The molecule has 0 atom stereocenters. The van der Waals surface area contributed by atoms with Crippen LogP contribution in [-0.4, -0.2) is 99.3 Å². The quantitative estimate of drug-likeness (QED) is 0.194. The van der Waals surface area contributed by atoms with Gasteiger partial charge in [0.05, 0.1) is 29.2 Å². The molecule has 2 fully saturated rings. The molecule has 17 heteroatoms. The van der Waals surface area contributed by atoms with Crippen molar-refractivity contribution in [1.29, 1.82) is 0 Å². The first-order valence-corrected chi connectivity index (χ1v) is 17.9. The normalized spacial score (nSPS) is 15.5. The fourth-order valence-corrected chi connectivity index (χ4v) is 5.81. The smallest absolute Gasteiger partial charge is 0.410 e. The maximum absolute atomic E-state index is 13.5. The van der Waals surface area contributed by atoms with Crippen LogP contribution in [0.15, 0.2) is 42.6 Å². The van der Waals surface area contributed by atoms with Crippen molar-refractivity contribution in [3.05, 3.63) is 71.0 Å². The summed E-state index contributed by atoms with van der Waals surface area (Å²) < 4.78 is 40.0. The Morgan fingerprint density at radius 1 is 0.736 bits per heavy atom. The number of hydrogen-bond donors (Lipinski definition) is 0. The number of ether oxygens (including phenoxy) is 2. The van der Waals surface area contributed by atoms with Crippen molar-refractivity contribution in [2.24, 2.45) is 0 Å². The van der Waals surface area contributed by atoms with Crippen LogP contribution in [0, 0.1) is 25.7 Å². The lowest BCUT2D eigenvalue weighted by Crippen LogP contribution is -2.42. The number of rotatable bonds is 3. The van der Waals surface area contributed by atoms with E-state index in [9.17, 15) is 18.4 Å². The van der Waals surface area contributed by atoms with Crippen LogP contribution in [0.1, 0.15) is 90.7 Å². The van der Waals surface area contributed by atoms with E-state index >= 15 is 0 Å². The fourth-order valence-electron chi connectivity index (χ4n) is 5.66. The Kier molecular flexibility index (Phi) is 13.8. The predicted molar refractivity (Wildman–Crippen MR) is 194 cm³/mol. The van der Waals surface area contributed by atoms with Crippen LogP contribution in [-0.2, 0) is 9.47 Å². The van der Waals surface area contributed by atoms with Crippen molar-refractivity contribution < 1.29 is 27.8 Å². The third kappa shape index (κ3) is 12.7. The summed E-state index contributed by atoms with van der Waals surface area (Å²) in [5.74, 6) is -1.08. The van der Waals surface area contributed by atoms with Gasteiger partial charge in [0.25, 0.3) is 0 Å². The molecule has 0 saturated carbocycles. The van der Waals surface area contributed by atoms with E-state index in [4.69, 9.17) is 21.1 Å². The van der Waals surface area contributed by atoms with E-state index in [0.29, 0.717) is 43.6 Å². The van der Waals surface area contributed by atoms with E-state index in [1.54, 1.807) is 21.9 Å². The minimum Gasteiger partial charge on any atom is -0.444 e. The van der Waals surface area contributed by atoms with E-state index in [1.807, 2.05) is 71.0 Å². The van der Waals surface area contributed by atoms with Crippen LogP contribution in [0.3, 0.4) is 0 Å². The SMILES string of the molecule is Cc1cn(C2CCN(C(=O)OC(C)(C)C)CC2)nn1.Cc1nnn(C2CCN(C(=O)OC(C)(C)C)CC2)c1-c1cccc(F)n1.Fc1cccc(Cl)n1. The van der Waals surface area contributed by atoms with Crippen molar-refractivity contribution in [2.45, 2.75) is 104 Å². The molecule has 0 N–H and O–H groups in total. The van der Waals surface area contributed by atoms with Crippen molar-refractivity contribution in [3.63, 3.8) is 0 Å². The lowest BCUT2D eigenvalue weighted by Gasteiger charge is -2.33. The number of aryl methyl sites for hydroxylation is 2. The average Bonchev–Trinajstić information content (AvgIpc) is 3.69. The van der Waals surface area contributed by atoms with Gasteiger partial charge < -0.3 is 19.3 Å². The molecule has 0 radical (unpaired) electrons. The van der Waals surface area contributed by atoms with Gasteiger partial charge in [-0.05, 0) is 105 Å². The van der Waals surface area contributed by atoms with E-state index in [-0.39, 0.29) is 23.4 Å². The fraction of sp³-hybridized carbons (Fsp3) is 0.556. The van der Waals surface area contributed by atoms with E-state index < -0.39 is 23.1 Å². The molecular weight excluding hydrogens is 710 g/mol. The van der Waals surface area contributed by atoms with E-state index in [1.165, 1.54) is 24.3 Å². The standard InChI is InChI=1S/C18H24FN5O2.C13H22N4O2.C5H3ClFN/c1-12-16(14-6-5-7-15(19)20-14)24(22-21-12)13-8-10-23(11-9-13)17(25)26-18(2,3)4;1-10-9-17(15-14-10)11-5-7-16(8-6-11)12(18)19-13(2,3)4;6-4-2-1-3-5(7)8-4/h5-7,13H,8-11H2,1-4H3;9,11H,5-8H2,1-4H3;1-3H. The molecule has 0 unspecified atom stereocenters. The molecule has 2 saturated heterocycles. The molecule has 0 bridgehead atoms. The largest absolute Gasteiger partial charge is 0.444 e. The number of amides is 2. The summed E-state index contributed by atoms with van der Waals surface area (Å²) in [4.78, 5) is 34.9. The maximum atomic E-state index is 13.5. The van der Waals surface area contributed by atoms with Gasteiger partial charge in [0, 0.05) is 32.4 Å². The Morgan fingerprint density at radius 3 is 1.68 bits per heavy atom. The average molecular weight is 759 g/mol. The third-order valence-corrected chi connectivity index (χ3v) is 8.29. The molecule has 14 nitrogen and oxygen atoms in total. The number of halogens is 3. The maximum Gasteiger partial charge on any atom is 0.410 e. The zero-order chi connectivity index (χ0) is 38.9. The summed E-state index contributed by atoms with van der Waals surface area (Å²) in [6, 6.07) is 9.36. The van der Waals surface area contributed by atoms with Crippen molar-refractivity contribution in [3.8, 4) is 11.4 Å². The number of nitrogens with zero attached hydrogens (tertiary/aromatic N) is 10. The van der Waals surface area contributed by atoms with Crippen LogP contribution < -0.4 is 0 Å². The first-order valence-electron chi connectivity index (χ1n) is 17.6. The molecule has 6 heterocycles. The molecule has 288 valence electrons. The zero-order valence-electron chi connectivity index (χ0n) is 31.6. The van der Waals surface area contributed by atoms with Gasteiger partial charge in [-0.3, -0.25) is 0 Å². The second kappa shape index (κ2) is 17.9. The Morgan fingerprint density at radius 2 is 1.25 bits per heavy atom. The molecule has 2 aliphatic rings. The monoisotopic (exact) mass is 758 g/mol. The number of aromatic nitrogens is 8. The van der Waals surface area contributed by atoms with Crippen molar-refractivity contribution in [1.82, 2.24) is 49.8 Å². The van der Waals surface area contributed by atoms with Gasteiger partial charge in [-0.15, -0.1) is 10.2 Å². The number of pyridine rings is 2. The number of likely N-dealkylation sites (tertiary alicyclic amines) is 2. The molecule has 4 aromatic heterocycles. The van der Waals surface area contributed by atoms with E-state index in [2.05, 4.69) is 30.6 Å². The molecular formula is C36H49ClF2N10O4. The molecule has 4 aromatic rings. The first-order chi connectivity index (χ1) is 24.9. The van der Waals surface area contributed by atoms with E-state index in [0.717, 1.165) is 37.1 Å². The number of piperidine rings is 2. The van der Waals surface area contributed by atoms with Crippen molar-refractivity contribution >= 4 is 23.8 Å². The van der Waals surface area contributed by atoms with Crippen molar-refractivity contribution in [2.75, 3.05) is 26.2 Å². The zero-order valence-corrected chi connectivity index (χ0v) is 32.3.